The van der Waals surface area contributed by atoms with Crippen LogP contribution in [0.25, 0.3) is 11.0 Å². The Morgan fingerprint density at radius 3 is 3.11 bits per heavy atom. The molecule has 1 atom stereocenters. The molecular weight excluding hydrogens is 232 g/mol. The molecule has 0 aliphatic carbocycles. The lowest BCUT2D eigenvalue weighted by atomic mass is 10.1. The van der Waals surface area contributed by atoms with Gasteiger partial charge in [-0.15, -0.1) is 0 Å². The number of rotatable bonds is 2. The Morgan fingerprint density at radius 1 is 1.44 bits per heavy atom. The van der Waals surface area contributed by atoms with Crippen molar-refractivity contribution in [2.75, 3.05) is 6.54 Å². The second-order valence-electron chi connectivity index (χ2n) is 4.31. The van der Waals surface area contributed by atoms with Crippen LogP contribution in [0, 0.1) is 0 Å². The molecule has 1 aliphatic heterocycles. The van der Waals surface area contributed by atoms with Crippen LogP contribution in [0.15, 0.2) is 24.5 Å². The van der Waals surface area contributed by atoms with E-state index in [2.05, 4.69) is 20.6 Å². The maximum absolute atomic E-state index is 12.0. The van der Waals surface area contributed by atoms with Gasteiger partial charge in [-0.2, -0.15) is 0 Å². The first kappa shape index (κ1) is 10.8. The van der Waals surface area contributed by atoms with E-state index in [-0.39, 0.29) is 17.9 Å². The molecule has 92 valence electrons. The van der Waals surface area contributed by atoms with Crippen molar-refractivity contribution in [3.8, 4) is 0 Å². The number of carbonyl (C=O) groups is 2. The fraction of sp³-hybridized carbons (Fsp3) is 0.250. The Labute approximate surface area is 103 Å². The minimum atomic E-state index is -0.173. The van der Waals surface area contributed by atoms with Gasteiger partial charge in [-0.1, -0.05) is 0 Å². The molecule has 1 fully saturated rings. The highest BCUT2D eigenvalue weighted by atomic mass is 16.2. The third-order valence-corrected chi connectivity index (χ3v) is 3.00. The average Bonchev–Trinajstić information content (AvgIpc) is 2.96. The molecule has 1 unspecified atom stereocenters. The maximum atomic E-state index is 12.0. The SMILES string of the molecule is O=C1CC(NC(=O)c2ccc3nc[nH]c3c2)CN1. The van der Waals surface area contributed by atoms with Crippen molar-refractivity contribution in [3.63, 3.8) is 0 Å². The molecule has 6 heteroatoms. The van der Waals surface area contributed by atoms with Gasteiger partial charge in [-0.05, 0) is 18.2 Å². The van der Waals surface area contributed by atoms with Crippen molar-refractivity contribution < 1.29 is 9.59 Å². The first-order valence-corrected chi connectivity index (χ1v) is 5.73. The number of aromatic nitrogens is 2. The van der Waals surface area contributed by atoms with Crippen LogP contribution in [0.3, 0.4) is 0 Å². The molecule has 2 amide bonds. The highest BCUT2D eigenvalue weighted by Crippen LogP contribution is 2.12. The van der Waals surface area contributed by atoms with E-state index in [1.54, 1.807) is 24.5 Å². The largest absolute Gasteiger partial charge is 0.354 e. The van der Waals surface area contributed by atoms with Gasteiger partial charge in [0.1, 0.15) is 0 Å². The molecule has 2 heterocycles. The first-order valence-electron chi connectivity index (χ1n) is 5.73. The lowest BCUT2D eigenvalue weighted by molar-refractivity contribution is -0.119. The Bertz CT molecular complexity index is 619. The first-order chi connectivity index (χ1) is 8.72. The molecule has 2 aromatic rings. The van der Waals surface area contributed by atoms with Crippen LogP contribution < -0.4 is 10.6 Å². The number of nitrogens with one attached hydrogen (secondary N) is 3. The van der Waals surface area contributed by atoms with Gasteiger partial charge in [0.2, 0.25) is 5.91 Å². The van der Waals surface area contributed by atoms with E-state index in [0.29, 0.717) is 18.5 Å². The summed E-state index contributed by atoms with van der Waals surface area (Å²) in [6, 6.07) is 5.14. The van der Waals surface area contributed by atoms with Crippen LogP contribution in [-0.4, -0.2) is 34.4 Å². The van der Waals surface area contributed by atoms with Gasteiger partial charge in [0.05, 0.1) is 23.4 Å². The van der Waals surface area contributed by atoms with Crippen molar-refractivity contribution in [1.82, 2.24) is 20.6 Å². The summed E-state index contributed by atoms with van der Waals surface area (Å²) in [6.45, 7) is 0.497. The summed E-state index contributed by atoms with van der Waals surface area (Å²) in [5, 5.41) is 5.51. The minimum Gasteiger partial charge on any atom is -0.354 e. The van der Waals surface area contributed by atoms with Gasteiger partial charge in [0, 0.05) is 18.5 Å². The molecule has 1 aromatic heterocycles. The van der Waals surface area contributed by atoms with E-state index in [0.717, 1.165) is 11.0 Å². The monoisotopic (exact) mass is 244 g/mol. The zero-order chi connectivity index (χ0) is 12.5. The molecule has 18 heavy (non-hydrogen) atoms. The number of hydrogen-bond acceptors (Lipinski definition) is 3. The van der Waals surface area contributed by atoms with Crippen molar-refractivity contribution >= 4 is 22.8 Å². The van der Waals surface area contributed by atoms with Crippen molar-refractivity contribution in [1.29, 1.82) is 0 Å². The predicted molar refractivity (Wildman–Crippen MR) is 65.0 cm³/mol. The lowest BCUT2D eigenvalue weighted by Crippen LogP contribution is -2.36. The number of H-pyrrole nitrogens is 1. The summed E-state index contributed by atoms with van der Waals surface area (Å²) >= 11 is 0. The van der Waals surface area contributed by atoms with E-state index in [1.165, 1.54) is 0 Å². The molecule has 1 aromatic carbocycles. The summed E-state index contributed by atoms with van der Waals surface area (Å²) in [7, 11) is 0. The van der Waals surface area contributed by atoms with Crippen LogP contribution >= 0.6 is 0 Å². The number of aromatic amines is 1. The number of carbonyl (C=O) groups excluding carboxylic acids is 2. The van der Waals surface area contributed by atoms with Crippen LogP contribution in [0.1, 0.15) is 16.8 Å². The van der Waals surface area contributed by atoms with Crippen LogP contribution in [-0.2, 0) is 4.79 Å². The molecule has 0 spiro atoms. The Morgan fingerprint density at radius 2 is 2.33 bits per heavy atom. The lowest BCUT2D eigenvalue weighted by Gasteiger charge is -2.10. The highest BCUT2D eigenvalue weighted by molar-refractivity contribution is 5.97. The number of fused-ring (bicyclic) bond motifs is 1. The normalized spacial score (nSPS) is 18.9. The van der Waals surface area contributed by atoms with Gasteiger partial charge >= 0.3 is 0 Å². The zero-order valence-corrected chi connectivity index (χ0v) is 9.56. The summed E-state index contributed by atoms with van der Waals surface area (Å²) in [5.41, 5.74) is 2.21. The molecule has 6 nitrogen and oxygen atoms in total. The second kappa shape index (κ2) is 4.14. The molecular formula is C12H12N4O2. The topological polar surface area (TPSA) is 86.9 Å². The molecule has 0 saturated carbocycles. The third kappa shape index (κ3) is 1.92. The van der Waals surface area contributed by atoms with Crippen molar-refractivity contribution in [2.45, 2.75) is 12.5 Å². The summed E-state index contributed by atoms with van der Waals surface area (Å²) in [5.74, 6) is -0.197. The molecule has 3 rings (SSSR count). The second-order valence-corrected chi connectivity index (χ2v) is 4.31. The number of hydrogen-bond donors (Lipinski definition) is 3. The average molecular weight is 244 g/mol. The van der Waals surface area contributed by atoms with Gasteiger partial charge < -0.3 is 15.6 Å². The Kier molecular flexibility index (Phi) is 2.47. The van der Waals surface area contributed by atoms with Crippen molar-refractivity contribution in [2.24, 2.45) is 0 Å². The molecule has 1 saturated heterocycles. The molecule has 1 aliphatic rings. The van der Waals surface area contributed by atoms with Gasteiger partial charge in [0.15, 0.2) is 0 Å². The fourth-order valence-electron chi connectivity index (χ4n) is 2.05. The smallest absolute Gasteiger partial charge is 0.251 e. The van der Waals surface area contributed by atoms with E-state index in [1.807, 2.05) is 0 Å². The standard InChI is InChI=1S/C12H12N4O2/c17-11-4-8(5-13-11)16-12(18)7-1-2-9-10(3-7)15-6-14-9/h1-3,6,8H,4-5H2,(H,13,17)(H,14,15)(H,16,18). The van der Waals surface area contributed by atoms with E-state index in [9.17, 15) is 9.59 Å². The van der Waals surface area contributed by atoms with E-state index in [4.69, 9.17) is 0 Å². The number of imidazole rings is 1. The van der Waals surface area contributed by atoms with Crippen LogP contribution in [0.5, 0.6) is 0 Å². The summed E-state index contributed by atoms with van der Waals surface area (Å²) in [4.78, 5) is 30.1. The molecule has 0 bridgehead atoms. The van der Waals surface area contributed by atoms with E-state index >= 15 is 0 Å². The van der Waals surface area contributed by atoms with Crippen LogP contribution in [0.4, 0.5) is 0 Å². The van der Waals surface area contributed by atoms with Crippen molar-refractivity contribution in [3.05, 3.63) is 30.1 Å². The molecule has 0 radical (unpaired) electrons. The Hall–Kier alpha value is -2.37. The van der Waals surface area contributed by atoms with Gasteiger partial charge in [-0.3, -0.25) is 9.59 Å². The number of amides is 2. The van der Waals surface area contributed by atoms with Gasteiger partial charge in [0.25, 0.3) is 5.91 Å². The number of nitrogens with zero attached hydrogens (tertiary/aromatic N) is 1. The van der Waals surface area contributed by atoms with E-state index < -0.39 is 0 Å². The minimum absolute atomic E-state index is 0.0238. The summed E-state index contributed by atoms with van der Waals surface area (Å²) in [6.07, 6.45) is 1.93. The predicted octanol–water partition coefficient (Wildman–Crippen LogP) is 0.181. The quantitative estimate of drug-likeness (QED) is 0.704. The molecule has 3 N–H and O–H groups in total. The zero-order valence-electron chi connectivity index (χ0n) is 9.56. The fourth-order valence-corrected chi connectivity index (χ4v) is 2.05. The summed E-state index contributed by atoms with van der Waals surface area (Å²) < 4.78 is 0. The number of benzene rings is 1. The highest BCUT2D eigenvalue weighted by Gasteiger charge is 2.23. The van der Waals surface area contributed by atoms with Gasteiger partial charge in [-0.25, -0.2) is 4.98 Å². The third-order valence-electron chi connectivity index (χ3n) is 3.00. The van der Waals surface area contributed by atoms with Crippen LogP contribution in [0.2, 0.25) is 0 Å². The maximum Gasteiger partial charge on any atom is 0.251 e. The Balaban J connectivity index is 1.77.